The van der Waals surface area contributed by atoms with Crippen LogP contribution in [0.2, 0.25) is 0 Å². The van der Waals surface area contributed by atoms with Gasteiger partial charge in [-0.05, 0) is 19.4 Å². The lowest BCUT2D eigenvalue weighted by Gasteiger charge is -2.01. The van der Waals surface area contributed by atoms with Crippen LogP contribution in [-0.2, 0) is 0 Å². The fourth-order valence-electron chi connectivity index (χ4n) is 1.94. The van der Waals surface area contributed by atoms with E-state index < -0.39 is 0 Å². The van der Waals surface area contributed by atoms with Crippen LogP contribution < -0.4 is 5.73 Å². The Morgan fingerprint density at radius 2 is 1.89 bits per heavy atom. The van der Waals surface area contributed by atoms with Crippen molar-refractivity contribution in [1.29, 1.82) is 0 Å². The highest BCUT2D eigenvalue weighted by atomic mass is 32.1. The number of aromatic nitrogens is 2. The van der Waals surface area contributed by atoms with Crippen LogP contribution in [0, 0.1) is 13.8 Å². The summed E-state index contributed by atoms with van der Waals surface area (Å²) in [5.41, 5.74) is 9.71. The van der Waals surface area contributed by atoms with Crippen molar-refractivity contribution in [2.45, 2.75) is 13.8 Å². The molecule has 0 atom stereocenters. The average Bonchev–Trinajstić information content (AvgIpc) is 2.97. The zero-order valence-electron chi connectivity index (χ0n) is 10.7. The number of nitrogen functional groups attached to an aromatic ring is 1. The Morgan fingerprint density at radius 1 is 1.16 bits per heavy atom. The molecule has 0 radical (unpaired) electrons. The van der Waals surface area contributed by atoms with Crippen LogP contribution in [0.25, 0.3) is 21.7 Å². The monoisotopic (exact) mass is 271 g/mol. The maximum atomic E-state index is 5.91. The lowest BCUT2D eigenvalue weighted by atomic mass is 10.0. The summed E-state index contributed by atoms with van der Waals surface area (Å²) in [7, 11) is 0. The zero-order valence-corrected chi connectivity index (χ0v) is 11.5. The normalized spacial score (nSPS) is 10.8. The van der Waals surface area contributed by atoms with Crippen LogP contribution in [-0.4, -0.2) is 10.1 Å². The summed E-state index contributed by atoms with van der Waals surface area (Å²) in [6, 6.07) is 8.14. The molecule has 0 aliphatic rings. The minimum atomic E-state index is 0.338. The largest absolute Gasteiger partial charge is 0.367 e. The molecule has 5 heteroatoms. The molecule has 3 aromatic rings. The minimum absolute atomic E-state index is 0.338. The summed E-state index contributed by atoms with van der Waals surface area (Å²) < 4.78 is 5.15. The molecule has 2 aromatic heterocycles. The van der Waals surface area contributed by atoms with E-state index in [1.165, 1.54) is 5.56 Å². The molecule has 4 nitrogen and oxygen atoms in total. The van der Waals surface area contributed by atoms with Gasteiger partial charge in [-0.1, -0.05) is 35.0 Å². The van der Waals surface area contributed by atoms with Gasteiger partial charge in [-0.25, -0.2) is 4.98 Å². The first-order valence-corrected chi connectivity index (χ1v) is 6.72. The van der Waals surface area contributed by atoms with Crippen LogP contribution in [0.3, 0.4) is 0 Å². The molecule has 2 N–H and O–H groups in total. The van der Waals surface area contributed by atoms with Crippen molar-refractivity contribution in [1.82, 2.24) is 10.1 Å². The van der Waals surface area contributed by atoms with Gasteiger partial charge in [-0.3, -0.25) is 0 Å². The Bertz CT molecular complexity index is 713. The molecule has 0 unspecified atom stereocenters. The molecule has 0 aliphatic carbocycles. The van der Waals surface area contributed by atoms with Crippen molar-refractivity contribution in [3.63, 3.8) is 0 Å². The highest BCUT2D eigenvalue weighted by Gasteiger charge is 2.18. The Kier molecular flexibility index (Phi) is 2.83. The first kappa shape index (κ1) is 11.9. The summed E-state index contributed by atoms with van der Waals surface area (Å²) in [6.07, 6.45) is 1.80. The second-order valence-corrected chi connectivity index (χ2v) is 5.61. The van der Waals surface area contributed by atoms with Gasteiger partial charge < -0.3 is 10.3 Å². The van der Waals surface area contributed by atoms with E-state index in [0.717, 1.165) is 26.7 Å². The quantitative estimate of drug-likeness (QED) is 0.772. The number of hydrogen-bond acceptors (Lipinski definition) is 5. The van der Waals surface area contributed by atoms with Crippen LogP contribution in [0.15, 0.2) is 35.0 Å². The highest BCUT2D eigenvalue weighted by Crippen LogP contribution is 2.38. The molecular formula is C14H13N3OS. The predicted molar refractivity (Wildman–Crippen MR) is 76.9 cm³/mol. The van der Waals surface area contributed by atoms with E-state index in [4.69, 9.17) is 10.3 Å². The third kappa shape index (κ3) is 2.13. The summed E-state index contributed by atoms with van der Waals surface area (Å²) in [6.45, 7) is 4.01. The zero-order chi connectivity index (χ0) is 13.4. The molecule has 2 heterocycles. The van der Waals surface area contributed by atoms with Gasteiger partial charge in [0.05, 0.1) is 15.4 Å². The van der Waals surface area contributed by atoms with Gasteiger partial charge in [-0.2, -0.15) is 0 Å². The third-order valence-electron chi connectivity index (χ3n) is 2.91. The molecule has 96 valence electrons. The summed E-state index contributed by atoms with van der Waals surface area (Å²) >= 11 is 1.58. The van der Waals surface area contributed by atoms with E-state index in [2.05, 4.69) is 10.1 Å². The molecular weight excluding hydrogens is 258 g/mol. The van der Waals surface area contributed by atoms with E-state index in [1.807, 2.05) is 38.1 Å². The van der Waals surface area contributed by atoms with Gasteiger partial charge in [0.2, 0.25) is 5.88 Å². The van der Waals surface area contributed by atoms with E-state index in [-0.39, 0.29) is 0 Å². The van der Waals surface area contributed by atoms with Gasteiger partial charge in [0.1, 0.15) is 5.69 Å². The summed E-state index contributed by atoms with van der Waals surface area (Å²) in [5, 5.41) is 5.06. The Labute approximate surface area is 114 Å². The standard InChI is InChI=1S/C14H13N3OS/c1-8-3-5-10(6-4-8)12-13(17-18-14(12)15)11-7-16-9(2)19-11/h3-7H,15H2,1-2H3. The van der Waals surface area contributed by atoms with Gasteiger partial charge in [-0.15, -0.1) is 11.3 Å². The van der Waals surface area contributed by atoms with Gasteiger partial charge in [0.25, 0.3) is 0 Å². The van der Waals surface area contributed by atoms with Crippen molar-refractivity contribution in [2.75, 3.05) is 5.73 Å². The second kappa shape index (κ2) is 4.51. The molecule has 0 spiro atoms. The highest BCUT2D eigenvalue weighted by molar-refractivity contribution is 7.15. The smallest absolute Gasteiger partial charge is 0.230 e. The topological polar surface area (TPSA) is 64.9 Å². The van der Waals surface area contributed by atoms with E-state index >= 15 is 0 Å². The number of rotatable bonds is 2. The van der Waals surface area contributed by atoms with Crippen molar-refractivity contribution in [3.05, 3.63) is 41.0 Å². The molecule has 0 fully saturated rings. The summed E-state index contributed by atoms with van der Waals surface area (Å²) in [4.78, 5) is 5.21. The van der Waals surface area contributed by atoms with Crippen molar-refractivity contribution < 1.29 is 4.52 Å². The van der Waals surface area contributed by atoms with Gasteiger partial charge in [0.15, 0.2) is 0 Å². The van der Waals surface area contributed by atoms with E-state index in [1.54, 1.807) is 17.5 Å². The third-order valence-corrected chi connectivity index (χ3v) is 3.83. The van der Waals surface area contributed by atoms with Crippen LogP contribution in [0.5, 0.6) is 0 Å². The predicted octanol–water partition coefficient (Wildman–Crippen LogP) is 3.66. The molecule has 0 bridgehead atoms. The summed E-state index contributed by atoms with van der Waals surface area (Å²) in [5.74, 6) is 0.338. The SMILES string of the molecule is Cc1ccc(-c2c(-c3cnc(C)s3)noc2N)cc1. The Balaban J connectivity index is 2.16. The first-order chi connectivity index (χ1) is 9.15. The number of aryl methyl sites for hydroxylation is 2. The van der Waals surface area contributed by atoms with Gasteiger partial charge >= 0.3 is 0 Å². The molecule has 0 saturated carbocycles. The fraction of sp³-hybridized carbons (Fsp3) is 0.143. The van der Waals surface area contributed by atoms with Crippen molar-refractivity contribution in [3.8, 4) is 21.7 Å². The average molecular weight is 271 g/mol. The van der Waals surface area contributed by atoms with Crippen LogP contribution >= 0.6 is 11.3 Å². The molecule has 3 rings (SSSR count). The number of nitrogens with zero attached hydrogens (tertiary/aromatic N) is 2. The number of nitrogens with two attached hydrogens (primary N) is 1. The maximum Gasteiger partial charge on any atom is 0.230 e. The number of thiazole rings is 1. The van der Waals surface area contributed by atoms with Crippen molar-refractivity contribution in [2.24, 2.45) is 0 Å². The molecule has 0 aliphatic heterocycles. The molecule has 19 heavy (non-hydrogen) atoms. The number of benzene rings is 1. The minimum Gasteiger partial charge on any atom is -0.367 e. The second-order valence-electron chi connectivity index (χ2n) is 4.38. The molecule has 0 amide bonds. The molecule has 1 aromatic carbocycles. The molecule has 0 saturated heterocycles. The van der Waals surface area contributed by atoms with Crippen LogP contribution in [0.4, 0.5) is 5.88 Å². The number of hydrogen-bond donors (Lipinski definition) is 1. The number of anilines is 1. The Hall–Kier alpha value is -2.14. The van der Waals surface area contributed by atoms with E-state index in [9.17, 15) is 0 Å². The lowest BCUT2D eigenvalue weighted by Crippen LogP contribution is -1.87. The van der Waals surface area contributed by atoms with Gasteiger partial charge in [0, 0.05) is 6.20 Å². The first-order valence-electron chi connectivity index (χ1n) is 5.90. The fourth-order valence-corrected chi connectivity index (χ4v) is 2.71. The van der Waals surface area contributed by atoms with Crippen LogP contribution in [0.1, 0.15) is 10.6 Å². The van der Waals surface area contributed by atoms with Crippen molar-refractivity contribution >= 4 is 17.2 Å². The maximum absolute atomic E-state index is 5.91. The Morgan fingerprint density at radius 3 is 2.53 bits per heavy atom. The van der Waals surface area contributed by atoms with E-state index in [0.29, 0.717) is 5.88 Å². The lowest BCUT2D eigenvalue weighted by molar-refractivity contribution is 0.439.